The fraction of sp³-hybridized carbons (Fsp3) is 0.929. The number of rotatable bonds is 4. The minimum absolute atomic E-state index is 0.203. The molecule has 19 heavy (non-hydrogen) atoms. The normalized spacial score (nSPS) is 30.2. The third-order valence-corrected chi connectivity index (χ3v) is 4.38. The summed E-state index contributed by atoms with van der Waals surface area (Å²) in [6.07, 6.45) is 3.12. The lowest BCUT2D eigenvalue weighted by atomic mass is 9.98. The molecule has 2 unspecified atom stereocenters. The Morgan fingerprint density at radius 3 is 2.95 bits per heavy atom. The van der Waals surface area contributed by atoms with Crippen LogP contribution >= 0.6 is 0 Å². The van der Waals surface area contributed by atoms with Crippen molar-refractivity contribution in [2.45, 2.75) is 25.3 Å². The van der Waals surface area contributed by atoms with Gasteiger partial charge in [0.25, 0.3) is 0 Å². The second-order valence-corrected chi connectivity index (χ2v) is 6.12. The lowest BCUT2D eigenvalue weighted by molar-refractivity contribution is -0.122. The quantitative estimate of drug-likeness (QED) is 0.737. The van der Waals surface area contributed by atoms with Crippen molar-refractivity contribution in [1.29, 1.82) is 0 Å². The van der Waals surface area contributed by atoms with E-state index in [9.17, 15) is 4.79 Å². The molecule has 2 fully saturated rings. The van der Waals surface area contributed by atoms with Crippen LogP contribution in [0.15, 0.2) is 0 Å². The maximum atomic E-state index is 12.0. The van der Waals surface area contributed by atoms with Crippen LogP contribution in [0.2, 0.25) is 0 Å². The molecule has 5 nitrogen and oxygen atoms in total. The van der Waals surface area contributed by atoms with E-state index in [0.29, 0.717) is 18.4 Å². The first kappa shape index (κ1) is 14.8. The summed E-state index contributed by atoms with van der Waals surface area (Å²) in [4.78, 5) is 16.6. The molecule has 0 aliphatic carbocycles. The molecular formula is C14H28N4O. The Kier molecular flexibility index (Phi) is 5.60. The number of carbonyl (C=O) groups is 1. The predicted octanol–water partition coefficient (Wildman–Crippen LogP) is -0.262. The number of amides is 1. The zero-order valence-corrected chi connectivity index (χ0v) is 12.3. The van der Waals surface area contributed by atoms with Gasteiger partial charge in [-0.05, 0) is 39.4 Å². The zero-order chi connectivity index (χ0) is 13.7. The average Bonchev–Trinajstić information content (AvgIpc) is 2.39. The molecule has 2 heterocycles. The smallest absolute Gasteiger partial charge is 0.221 e. The van der Waals surface area contributed by atoms with Gasteiger partial charge in [0.2, 0.25) is 5.91 Å². The van der Waals surface area contributed by atoms with Crippen LogP contribution in [0.25, 0.3) is 0 Å². The average molecular weight is 268 g/mol. The molecule has 110 valence electrons. The Labute approximate surface area is 116 Å². The molecular weight excluding hydrogens is 240 g/mol. The standard InChI is InChI=1S/C14H28N4O/c1-17-6-3-4-12(11-17)9-16-14(19)8-13-10-15-5-7-18(13)2/h12-13,15H,3-11H2,1-2H3,(H,16,19). The van der Waals surface area contributed by atoms with Crippen LogP contribution in [0.3, 0.4) is 0 Å². The Bertz CT molecular complexity index is 297. The van der Waals surface area contributed by atoms with E-state index >= 15 is 0 Å². The van der Waals surface area contributed by atoms with Crippen molar-refractivity contribution in [3.63, 3.8) is 0 Å². The van der Waals surface area contributed by atoms with Crippen molar-refractivity contribution in [3.8, 4) is 0 Å². The summed E-state index contributed by atoms with van der Waals surface area (Å²) in [5.74, 6) is 0.832. The highest BCUT2D eigenvalue weighted by Gasteiger charge is 2.22. The number of piperazine rings is 1. The first-order valence-corrected chi connectivity index (χ1v) is 7.51. The van der Waals surface area contributed by atoms with Gasteiger partial charge in [0, 0.05) is 45.2 Å². The van der Waals surface area contributed by atoms with Crippen LogP contribution in [-0.2, 0) is 4.79 Å². The topological polar surface area (TPSA) is 47.6 Å². The van der Waals surface area contributed by atoms with Gasteiger partial charge in [-0.2, -0.15) is 0 Å². The van der Waals surface area contributed by atoms with E-state index in [0.717, 1.165) is 32.7 Å². The minimum atomic E-state index is 0.203. The van der Waals surface area contributed by atoms with Crippen molar-refractivity contribution in [2.24, 2.45) is 5.92 Å². The highest BCUT2D eigenvalue weighted by Crippen LogP contribution is 2.14. The van der Waals surface area contributed by atoms with E-state index in [4.69, 9.17) is 0 Å². The largest absolute Gasteiger partial charge is 0.356 e. The molecule has 0 aromatic heterocycles. The lowest BCUT2D eigenvalue weighted by Gasteiger charge is -2.33. The third kappa shape index (κ3) is 4.75. The molecule has 2 atom stereocenters. The van der Waals surface area contributed by atoms with Crippen molar-refractivity contribution in [3.05, 3.63) is 0 Å². The maximum absolute atomic E-state index is 12.0. The molecule has 0 radical (unpaired) electrons. The van der Waals surface area contributed by atoms with E-state index in [2.05, 4.69) is 34.5 Å². The number of hydrogen-bond acceptors (Lipinski definition) is 4. The number of nitrogens with zero attached hydrogens (tertiary/aromatic N) is 2. The minimum Gasteiger partial charge on any atom is -0.356 e. The molecule has 0 aromatic carbocycles. The summed E-state index contributed by atoms with van der Waals surface area (Å²) >= 11 is 0. The molecule has 0 bridgehead atoms. The molecule has 5 heteroatoms. The molecule has 2 N–H and O–H groups in total. The van der Waals surface area contributed by atoms with Crippen molar-refractivity contribution in [2.75, 3.05) is 53.4 Å². The first-order chi connectivity index (χ1) is 9.15. The number of hydrogen-bond donors (Lipinski definition) is 2. The molecule has 2 saturated heterocycles. The number of carbonyl (C=O) groups excluding carboxylic acids is 1. The number of piperidine rings is 1. The van der Waals surface area contributed by atoms with Crippen LogP contribution in [-0.4, -0.2) is 75.1 Å². The lowest BCUT2D eigenvalue weighted by Crippen LogP contribution is -2.51. The van der Waals surface area contributed by atoms with Crippen molar-refractivity contribution < 1.29 is 4.79 Å². The van der Waals surface area contributed by atoms with Crippen LogP contribution in [0.1, 0.15) is 19.3 Å². The van der Waals surface area contributed by atoms with Crippen LogP contribution < -0.4 is 10.6 Å². The van der Waals surface area contributed by atoms with Crippen LogP contribution in [0.5, 0.6) is 0 Å². The molecule has 2 aliphatic rings. The highest BCUT2D eigenvalue weighted by molar-refractivity contribution is 5.76. The summed E-state index contributed by atoms with van der Waals surface area (Å²) in [6.45, 7) is 6.14. The van der Waals surface area contributed by atoms with Gasteiger partial charge in [-0.1, -0.05) is 0 Å². The Balaban J connectivity index is 1.66. The molecule has 2 aliphatic heterocycles. The van der Waals surface area contributed by atoms with Crippen molar-refractivity contribution >= 4 is 5.91 Å². The van der Waals surface area contributed by atoms with Gasteiger partial charge < -0.3 is 20.4 Å². The number of likely N-dealkylation sites (tertiary alicyclic amines) is 1. The fourth-order valence-electron chi connectivity index (χ4n) is 3.07. The van der Waals surface area contributed by atoms with E-state index in [1.165, 1.54) is 19.4 Å². The van der Waals surface area contributed by atoms with Gasteiger partial charge in [0.15, 0.2) is 0 Å². The Hall–Kier alpha value is -0.650. The number of nitrogens with one attached hydrogen (secondary N) is 2. The second kappa shape index (κ2) is 7.22. The molecule has 0 aromatic rings. The van der Waals surface area contributed by atoms with Gasteiger partial charge >= 0.3 is 0 Å². The van der Waals surface area contributed by atoms with Gasteiger partial charge in [0.1, 0.15) is 0 Å². The summed E-state index contributed by atoms with van der Waals surface area (Å²) < 4.78 is 0. The summed E-state index contributed by atoms with van der Waals surface area (Å²) in [6, 6.07) is 0.350. The van der Waals surface area contributed by atoms with E-state index < -0.39 is 0 Å². The van der Waals surface area contributed by atoms with Gasteiger partial charge in [-0.15, -0.1) is 0 Å². The SMILES string of the molecule is CN1CCCC(CNC(=O)CC2CNCCN2C)C1. The van der Waals surface area contributed by atoms with E-state index in [-0.39, 0.29) is 5.91 Å². The van der Waals surface area contributed by atoms with E-state index in [1.807, 2.05) is 0 Å². The second-order valence-electron chi connectivity index (χ2n) is 6.12. The van der Waals surface area contributed by atoms with Crippen LogP contribution in [0.4, 0.5) is 0 Å². The van der Waals surface area contributed by atoms with Crippen LogP contribution in [0, 0.1) is 5.92 Å². The zero-order valence-electron chi connectivity index (χ0n) is 12.3. The Morgan fingerprint density at radius 2 is 2.21 bits per heavy atom. The predicted molar refractivity (Wildman–Crippen MR) is 77.1 cm³/mol. The summed E-state index contributed by atoms with van der Waals surface area (Å²) in [5, 5.41) is 6.47. The molecule has 0 spiro atoms. The monoisotopic (exact) mass is 268 g/mol. The summed E-state index contributed by atoms with van der Waals surface area (Å²) in [5.41, 5.74) is 0. The highest BCUT2D eigenvalue weighted by atomic mass is 16.1. The van der Waals surface area contributed by atoms with Gasteiger partial charge in [-0.25, -0.2) is 0 Å². The van der Waals surface area contributed by atoms with Crippen molar-refractivity contribution in [1.82, 2.24) is 20.4 Å². The maximum Gasteiger partial charge on any atom is 0.221 e. The van der Waals surface area contributed by atoms with E-state index in [1.54, 1.807) is 0 Å². The first-order valence-electron chi connectivity index (χ1n) is 7.51. The molecule has 1 amide bonds. The van der Waals surface area contributed by atoms with Gasteiger partial charge in [-0.3, -0.25) is 4.79 Å². The Morgan fingerprint density at radius 1 is 1.37 bits per heavy atom. The molecule has 0 saturated carbocycles. The molecule has 2 rings (SSSR count). The summed E-state index contributed by atoms with van der Waals surface area (Å²) in [7, 11) is 4.27. The van der Waals surface area contributed by atoms with Gasteiger partial charge in [0.05, 0.1) is 0 Å². The fourth-order valence-corrected chi connectivity index (χ4v) is 3.07. The number of likely N-dealkylation sites (N-methyl/N-ethyl adjacent to an activating group) is 1. The third-order valence-electron chi connectivity index (χ3n) is 4.38.